The van der Waals surface area contributed by atoms with Gasteiger partial charge >= 0.3 is 0 Å². The number of rotatable bonds is 3. The first-order valence-electron chi connectivity index (χ1n) is 4.80. The quantitative estimate of drug-likeness (QED) is 0.860. The zero-order valence-corrected chi connectivity index (χ0v) is 11.3. The fourth-order valence-corrected chi connectivity index (χ4v) is 2.29. The lowest BCUT2D eigenvalue weighted by Crippen LogP contribution is -1.98. The molecule has 6 heteroatoms. The molecule has 1 heterocycles. The third kappa shape index (κ3) is 2.45. The second-order valence-electron chi connectivity index (χ2n) is 3.35. The monoisotopic (exact) mass is 318 g/mol. The summed E-state index contributed by atoms with van der Waals surface area (Å²) in [7, 11) is 1.69. The van der Waals surface area contributed by atoms with E-state index in [1.165, 1.54) is 4.68 Å². The molecule has 3 nitrogen and oxygen atoms in total. The van der Waals surface area contributed by atoms with Gasteiger partial charge in [-0.3, -0.25) is 0 Å². The molecule has 0 atom stereocenters. The van der Waals surface area contributed by atoms with E-state index in [9.17, 15) is 4.39 Å². The van der Waals surface area contributed by atoms with Crippen LogP contribution < -0.4 is 4.74 Å². The largest absolute Gasteiger partial charge is 0.445 e. The standard InChI is InChI=1S/C11H9BrClFN2O/c1-16-11(17-6-14)9(12)10(15-16)7-2-4-8(13)5-3-7/h2-5H,6H2,1H3. The molecule has 0 N–H and O–H groups in total. The van der Waals surface area contributed by atoms with Crippen molar-refractivity contribution < 1.29 is 9.13 Å². The molecule has 0 amide bonds. The zero-order chi connectivity index (χ0) is 12.4. The van der Waals surface area contributed by atoms with Crippen molar-refractivity contribution in [3.05, 3.63) is 33.8 Å². The molecule has 1 aromatic heterocycles. The average Bonchev–Trinajstić information content (AvgIpc) is 2.59. The van der Waals surface area contributed by atoms with Gasteiger partial charge in [-0.2, -0.15) is 5.10 Å². The van der Waals surface area contributed by atoms with E-state index in [1.807, 2.05) is 12.1 Å². The van der Waals surface area contributed by atoms with E-state index in [-0.39, 0.29) is 0 Å². The third-order valence-corrected chi connectivity index (χ3v) is 3.22. The Morgan fingerprint density at radius 3 is 2.65 bits per heavy atom. The minimum atomic E-state index is -0.891. The third-order valence-electron chi connectivity index (χ3n) is 2.25. The van der Waals surface area contributed by atoms with Gasteiger partial charge in [0.25, 0.3) is 0 Å². The molecule has 2 rings (SSSR count). The molecule has 0 bridgehead atoms. The van der Waals surface area contributed by atoms with Crippen LogP contribution >= 0.6 is 27.5 Å². The Labute approximate surface area is 111 Å². The lowest BCUT2D eigenvalue weighted by molar-refractivity contribution is 0.176. The maximum atomic E-state index is 12.2. The highest BCUT2D eigenvalue weighted by Gasteiger charge is 2.16. The van der Waals surface area contributed by atoms with Crippen LogP contribution in [0, 0.1) is 0 Å². The number of benzene rings is 1. The number of halogens is 3. The zero-order valence-electron chi connectivity index (χ0n) is 8.95. The number of alkyl halides is 1. The maximum absolute atomic E-state index is 12.2. The van der Waals surface area contributed by atoms with Gasteiger partial charge < -0.3 is 4.74 Å². The van der Waals surface area contributed by atoms with E-state index in [0.29, 0.717) is 21.1 Å². The Morgan fingerprint density at radius 2 is 2.06 bits per heavy atom. The molecule has 0 aliphatic rings. The summed E-state index contributed by atoms with van der Waals surface area (Å²) in [6.45, 7) is -0.891. The van der Waals surface area contributed by atoms with Crippen molar-refractivity contribution in [3.63, 3.8) is 0 Å². The summed E-state index contributed by atoms with van der Waals surface area (Å²) in [6, 6.07) is 7.23. The molecule has 0 fully saturated rings. The fourth-order valence-electron chi connectivity index (χ4n) is 1.48. The summed E-state index contributed by atoms with van der Waals surface area (Å²) in [5, 5.41) is 4.92. The van der Waals surface area contributed by atoms with Gasteiger partial charge in [-0.05, 0) is 28.1 Å². The van der Waals surface area contributed by atoms with E-state index in [0.717, 1.165) is 5.56 Å². The SMILES string of the molecule is Cn1nc(-c2ccc(Cl)cc2)c(Br)c1OCF. The predicted octanol–water partition coefficient (Wildman–Crippen LogP) is 3.81. The van der Waals surface area contributed by atoms with Gasteiger partial charge in [-0.15, -0.1) is 0 Å². The Morgan fingerprint density at radius 1 is 1.41 bits per heavy atom. The van der Waals surface area contributed by atoms with Crippen molar-refractivity contribution >= 4 is 27.5 Å². The van der Waals surface area contributed by atoms with Crippen LogP contribution in [-0.4, -0.2) is 16.6 Å². The van der Waals surface area contributed by atoms with E-state index >= 15 is 0 Å². The molecule has 90 valence electrons. The minimum absolute atomic E-state index is 0.359. The lowest BCUT2D eigenvalue weighted by Gasteiger charge is -2.00. The van der Waals surface area contributed by atoms with Crippen molar-refractivity contribution in [2.45, 2.75) is 0 Å². The van der Waals surface area contributed by atoms with E-state index in [1.54, 1.807) is 19.2 Å². The summed E-state index contributed by atoms with van der Waals surface area (Å²) in [5.74, 6) is 0.359. The van der Waals surface area contributed by atoms with Gasteiger partial charge in [0, 0.05) is 17.6 Å². The molecular formula is C11H9BrClFN2O. The smallest absolute Gasteiger partial charge is 0.230 e. The van der Waals surface area contributed by atoms with Crippen LogP contribution in [0.1, 0.15) is 0 Å². The molecule has 0 aliphatic carbocycles. The van der Waals surface area contributed by atoms with Gasteiger partial charge in [-0.1, -0.05) is 23.7 Å². The number of aryl methyl sites for hydroxylation is 1. The number of hydrogen-bond acceptors (Lipinski definition) is 2. The minimum Gasteiger partial charge on any atom is -0.445 e. The Bertz CT molecular complexity index is 527. The molecular weight excluding hydrogens is 310 g/mol. The van der Waals surface area contributed by atoms with Crippen molar-refractivity contribution in [2.75, 3.05) is 6.86 Å². The van der Waals surface area contributed by atoms with Crippen LogP contribution in [-0.2, 0) is 7.05 Å². The Kier molecular flexibility index (Phi) is 3.69. The maximum Gasteiger partial charge on any atom is 0.230 e. The van der Waals surface area contributed by atoms with Crippen molar-refractivity contribution in [3.8, 4) is 17.1 Å². The van der Waals surface area contributed by atoms with Crippen molar-refractivity contribution in [1.82, 2.24) is 9.78 Å². The highest BCUT2D eigenvalue weighted by atomic mass is 79.9. The highest BCUT2D eigenvalue weighted by molar-refractivity contribution is 9.10. The lowest BCUT2D eigenvalue weighted by atomic mass is 10.2. The Balaban J connectivity index is 2.46. The van der Waals surface area contributed by atoms with E-state index in [2.05, 4.69) is 21.0 Å². The molecule has 0 unspecified atom stereocenters. The van der Waals surface area contributed by atoms with Gasteiger partial charge in [0.05, 0.1) is 0 Å². The van der Waals surface area contributed by atoms with Gasteiger partial charge in [0.1, 0.15) is 10.2 Å². The summed E-state index contributed by atoms with van der Waals surface area (Å²) >= 11 is 9.16. The van der Waals surface area contributed by atoms with E-state index < -0.39 is 6.86 Å². The summed E-state index contributed by atoms with van der Waals surface area (Å²) in [5.41, 5.74) is 1.57. The number of hydrogen-bond donors (Lipinski definition) is 0. The molecule has 17 heavy (non-hydrogen) atoms. The average molecular weight is 320 g/mol. The molecule has 0 aliphatic heterocycles. The number of nitrogens with zero attached hydrogens (tertiary/aromatic N) is 2. The Hall–Kier alpha value is -1.07. The molecule has 2 aromatic rings. The highest BCUT2D eigenvalue weighted by Crippen LogP contribution is 2.35. The summed E-state index contributed by atoms with van der Waals surface area (Å²) in [6.07, 6.45) is 0. The van der Waals surface area contributed by atoms with Gasteiger partial charge in [0.15, 0.2) is 0 Å². The molecule has 0 saturated heterocycles. The topological polar surface area (TPSA) is 27.1 Å². The fraction of sp³-hybridized carbons (Fsp3) is 0.182. The first-order valence-corrected chi connectivity index (χ1v) is 5.97. The second-order valence-corrected chi connectivity index (χ2v) is 4.58. The van der Waals surface area contributed by atoms with E-state index in [4.69, 9.17) is 16.3 Å². The van der Waals surface area contributed by atoms with Crippen LogP contribution in [0.2, 0.25) is 5.02 Å². The normalized spacial score (nSPS) is 10.6. The summed E-state index contributed by atoms with van der Waals surface area (Å²) < 4.78 is 19.2. The molecule has 0 radical (unpaired) electrons. The first-order chi connectivity index (χ1) is 8.13. The second kappa shape index (κ2) is 5.06. The number of aromatic nitrogens is 2. The van der Waals surface area contributed by atoms with Crippen LogP contribution in [0.25, 0.3) is 11.3 Å². The summed E-state index contributed by atoms with van der Waals surface area (Å²) in [4.78, 5) is 0. The van der Waals surface area contributed by atoms with Gasteiger partial charge in [0.2, 0.25) is 12.7 Å². The van der Waals surface area contributed by atoms with Crippen LogP contribution in [0.15, 0.2) is 28.7 Å². The van der Waals surface area contributed by atoms with Crippen molar-refractivity contribution in [1.29, 1.82) is 0 Å². The molecule has 0 saturated carbocycles. The molecule has 0 spiro atoms. The molecule has 1 aromatic carbocycles. The van der Waals surface area contributed by atoms with Crippen LogP contribution in [0.5, 0.6) is 5.88 Å². The van der Waals surface area contributed by atoms with Crippen molar-refractivity contribution in [2.24, 2.45) is 7.05 Å². The van der Waals surface area contributed by atoms with Crippen LogP contribution in [0.4, 0.5) is 4.39 Å². The predicted molar refractivity (Wildman–Crippen MR) is 68.0 cm³/mol. The van der Waals surface area contributed by atoms with Crippen LogP contribution in [0.3, 0.4) is 0 Å². The number of ether oxygens (including phenoxy) is 1. The van der Waals surface area contributed by atoms with Gasteiger partial charge in [-0.25, -0.2) is 9.07 Å². The first kappa shape index (κ1) is 12.4.